The number of carbonyl (C=O) groups excluding carboxylic acids is 1. The van der Waals surface area contributed by atoms with Crippen LogP contribution in [0.3, 0.4) is 0 Å². The number of carbonyl (C=O) groups is 1. The zero-order chi connectivity index (χ0) is 17.7. The minimum absolute atomic E-state index is 0.0982. The van der Waals surface area contributed by atoms with Crippen LogP contribution in [-0.4, -0.2) is 40.5 Å². The number of amides is 1. The molecule has 2 saturated heterocycles. The van der Waals surface area contributed by atoms with Crippen molar-refractivity contribution in [2.45, 2.75) is 49.7 Å². The van der Waals surface area contributed by atoms with Gasteiger partial charge in [-0.2, -0.15) is 5.53 Å². The molecule has 3 heterocycles. The summed E-state index contributed by atoms with van der Waals surface area (Å²) < 4.78 is 0. The molecule has 1 aliphatic carbocycles. The van der Waals surface area contributed by atoms with E-state index in [2.05, 4.69) is 27.1 Å². The zero-order valence-electron chi connectivity index (χ0n) is 14.4. The third-order valence-corrected chi connectivity index (χ3v) is 6.05. The Hall–Kier alpha value is -1.97. The molecule has 6 N–H and O–H groups in total. The molecule has 4 aliphatic rings. The molecule has 138 valence electrons. The van der Waals surface area contributed by atoms with Crippen LogP contribution in [-0.2, 0) is 4.79 Å². The Morgan fingerprint density at radius 2 is 1.88 bits per heavy atom. The normalized spacial score (nSPS) is 39.2. The van der Waals surface area contributed by atoms with E-state index >= 15 is 0 Å². The van der Waals surface area contributed by atoms with Crippen molar-refractivity contribution in [2.24, 2.45) is 5.92 Å². The molecule has 3 aliphatic heterocycles. The average Bonchev–Trinajstić information content (AvgIpc) is 3.25. The van der Waals surface area contributed by atoms with Crippen LogP contribution in [0.4, 0.5) is 0 Å². The van der Waals surface area contributed by atoms with Gasteiger partial charge in [0.25, 0.3) is 5.91 Å². The monoisotopic (exact) mass is 356 g/mol. The minimum Gasteiger partial charge on any atom is -0.376 e. The highest BCUT2D eigenvalue weighted by molar-refractivity contribution is 5.89. The van der Waals surface area contributed by atoms with Crippen molar-refractivity contribution in [1.82, 2.24) is 32.1 Å². The highest BCUT2D eigenvalue weighted by Gasteiger charge is 2.47. The molecule has 8 nitrogen and oxygen atoms in total. The number of hydrogen-bond acceptors (Lipinski definition) is 7. The Balaban J connectivity index is 1.39. The first-order valence-corrected chi connectivity index (χ1v) is 9.27. The second kappa shape index (κ2) is 6.33. The third kappa shape index (κ3) is 2.62. The first-order chi connectivity index (χ1) is 12.7. The van der Waals surface area contributed by atoms with Crippen LogP contribution >= 0.6 is 0 Å². The summed E-state index contributed by atoms with van der Waals surface area (Å²) in [6.45, 7) is 0. The second-order valence-corrected chi connectivity index (χ2v) is 7.54. The Morgan fingerprint density at radius 3 is 2.73 bits per heavy atom. The van der Waals surface area contributed by atoms with E-state index in [0.717, 1.165) is 30.5 Å². The average molecular weight is 356 g/mol. The Labute approximate surface area is 151 Å². The molecule has 6 unspecified atom stereocenters. The number of hydrazine groups is 3. The Kier molecular flexibility index (Phi) is 3.95. The summed E-state index contributed by atoms with van der Waals surface area (Å²) in [5, 5.41) is 15.6. The van der Waals surface area contributed by atoms with E-state index in [4.69, 9.17) is 0 Å². The van der Waals surface area contributed by atoms with Crippen LogP contribution < -0.4 is 27.1 Å². The van der Waals surface area contributed by atoms with E-state index in [-0.39, 0.29) is 18.0 Å². The van der Waals surface area contributed by atoms with E-state index < -0.39 is 6.23 Å². The first kappa shape index (κ1) is 16.2. The van der Waals surface area contributed by atoms with E-state index in [1.807, 2.05) is 30.3 Å². The molecule has 0 spiro atoms. The van der Waals surface area contributed by atoms with Gasteiger partial charge in [-0.25, -0.2) is 21.3 Å². The quantitative estimate of drug-likeness (QED) is 0.421. The van der Waals surface area contributed by atoms with Crippen LogP contribution in [0, 0.1) is 5.92 Å². The van der Waals surface area contributed by atoms with Crippen molar-refractivity contribution < 1.29 is 9.90 Å². The van der Waals surface area contributed by atoms with E-state index in [0.29, 0.717) is 18.0 Å². The third-order valence-electron chi connectivity index (χ3n) is 6.05. The topological polar surface area (TPSA) is 101 Å². The van der Waals surface area contributed by atoms with E-state index in [1.165, 1.54) is 5.01 Å². The standard InChI is InChI=1S/C18H24N6O2/c25-15-9-13(11-6-7-12-14(8-11)21-23-20-12)19-17-16(18(26)22-24(15)17)10-4-2-1-3-5-10/h1-5,9,11-12,14,16-23,26H,6-8H2. The maximum atomic E-state index is 12.7. The van der Waals surface area contributed by atoms with Crippen molar-refractivity contribution in [3.8, 4) is 0 Å². The van der Waals surface area contributed by atoms with Gasteiger partial charge in [-0.15, -0.1) is 0 Å². The van der Waals surface area contributed by atoms with E-state index in [9.17, 15) is 9.90 Å². The molecule has 5 rings (SSSR count). The van der Waals surface area contributed by atoms with Gasteiger partial charge in [0.1, 0.15) is 12.4 Å². The zero-order valence-corrected chi connectivity index (χ0v) is 14.4. The van der Waals surface area contributed by atoms with Crippen LogP contribution in [0.5, 0.6) is 0 Å². The highest BCUT2D eigenvalue weighted by Crippen LogP contribution is 2.36. The first-order valence-electron chi connectivity index (χ1n) is 9.27. The lowest BCUT2D eigenvalue weighted by Gasteiger charge is -2.38. The Morgan fingerprint density at radius 1 is 1.08 bits per heavy atom. The lowest BCUT2D eigenvalue weighted by atomic mass is 9.80. The molecular weight excluding hydrogens is 332 g/mol. The van der Waals surface area contributed by atoms with Crippen LogP contribution in [0.25, 0.3) is 0 Å². The van der Waals surface area contributed by atoms with Gasteiger partial charge in [0, 0.05) is 29.8 Å². The molecule has 0 radical (unpaired) electrons. The molecule has 0 aromatic heterocycles. The molecular formula is C18H24N6O2. The molecule has 6 atom stereocenters. The Bertz CT molecular complexity index is 726. The van der Waals surface area contributed by atoms with Crippen molar-refractivity contribution >= 4 is 5.91 Å². The van der Waals surface area contributed by atoms with Gasteiger partial charge in [0.15, 0.2) is 0 Å². The SMILES string of the molecule is O=C1C=C(C2CCC3NNNC3C2)NC2C(c3ccccc3)C(O)NN12. The second-order valence-electron chi connectivity index (χ2n) is 7.54. The largest absolute Gasteiger partial charge is 0.376 e. The molecule has 1 aromatic carbocycles. The van der Waals surface area contributed by atoms with Crippen LogP contribution in [0.2, 0.25) is 0 Å². The number of fused-ring (bicyclic) bond motifs is 2. The lowest BCUT2D eigenvalue weighted by molar-refractivity contribution is -0.132. The molecule has 3 fully saturated rings. The number of nitrogens with one attached hydrogen (secondary N) is 5. The smallest absolute Gasteiger partial charge is 0.264 e. The predicted molar refractivity (Wildman–Crippen MR) is 94.5 cm³/mol. The number of benzene rings is 1. The number of nitrogens with zero attached hydrogens (tertiary/aromatic N) is 1. The number of allylic oxidation sites excluding steroid dienone is 1. The minimum atomic E-state index is -0.799. The summed E-state index contributed by atoms with van der Waals surface area (Å²) in [4.78, 5) is 12.7. The van der Waals surface area contributed by atoms with Gasteiger partial charge in [0.05, 0.1) is 5.92 Å². The fraction of sp³-hybridized carbons (Fsp3) is 0.500. The summed E-state index contributed by atoms with van der Waals surface area (Å²) in [5.41, 5.74) is 14.4. The lowest BCUT2D eigenvalue weighted by Crippen LogP contribution is -2.54. The van der Waals surface area contributed by atoms with Crippen molar-refractivity contribution in [1.29, 1.82) is 0 Å². The van der Waals surface area contributed by atoms with Crippen molar-refractivity contribution in [3.63, 3.8) is 0 Å². The molecule has 0 bridgehead atoms. The highest BCUT2D eigenvalue weighted by atomic mass is 16.3. The summed E-state index contributed by atoms with van der Waals surface area (Å²) in [7, 11) is 0. The molecule has 26 heavy (non-hydrogen) atoms. The predicted octanol–water partition coefficient (Wildman–Crippen LogP) is -0.602. The van der Waals surface area contributed by atoms with Gasteiger partial charge < -0.3 is 10.4 Å². The number of aliphatic hydroxyl groups is 1. The number of hydrogen-bond donors (Lipinski definition) is 6. The van der Waals surface area contributed by atoms with Gasteiger partial charge >= 0.3 is 0 Å². The summed E-state index contributed by atoms with van der Waals surface area (Å²) in [6, 6.07) is 10.7. The van der Waals surface area contributed by atoms with Gasteiger partial charge in [-0.1, -0.05) is 30.3 Å². The number of aliphatic hydroxyl groups excluding tert-OH is 1. The fourth-order valence-electron chi connectivity index (χ4n) is 4.69. The summed E-state index contributed by atoms with van der Waals surface area (Å²) in [6.07, 6.45) is 3.65. The molecule has 1 saturated carbocycles. The molecule has 8 heteroatoms. The van der Waals surface area contributed by atoms with Gasteiger partial charge in [-0.3, -0.25) is 4.79 Å². The van der Waals surface area contributed by atoms with Gasteiger partial charge in [-0.05, 0) is 24.8 Å². The maximum absolute atomic E-state index is 12.7. The maximum Gasteiger partial charge on any atom is 0.264 e. The van der Waals surface area contributed by atoms with Gasteiger partial charge in [0.2, 0.25) is 0 Å². The van der Waals surface area contributed by atoms with E-state index in [1.54, 1.807) is 6.08 Å². The molecule has 1 aromatic rings. The van der Waals surface area contributed by atoms with Crippen LogP contribution in [0.1, 0.15) is 30.7 Å². The van der Waals surface area contributed by atoms with Crippen molar-refractivity contribution in [3.05, 3.63) is 47.7 Å². The summed E-state index contributed by atoms with van der Waals surface area (Å²) >= 11 is 0. The number of rotatable bonds is 2. The fourth-order valence-corrected chi connectivity index (χ4v) is 4.69. The van der Waals surface area contributed by atoms with Crippen LogP contribution in [0.15, 0.2) is 42.1 Å². The van der Waals surface area contributed by atoms with Crippen molar-refractivity contribution in [2.75, 3.05) is 0 Å². The molecule has 1 amide bonds. The summed E-state index contributed by atoms with van der Waals surface area (Å²) in [5.74, 6) is -0.00201.